The van der Waals surface area contributed by atoms with Crippen LogP contribution < -0.4 is 21.1 Å². The molecule has 0 unspecified atom stereocenters. The zero-order valence-corrected chi connectivity index (χ0v) is 27.2. The van der Waals surface area contributed by atoms with E-state index in [1.807, 2.05) is 84.9 Å². The number of likely N-dealkylation sites (N-methyl/N-ethyl adjacent to an activating group) is 1. The van der Waals surface area contributed by atoms with Crippen LogP contribution in [-0.4, -0.2) is 66.7 Å². The van der Waals surface area contributed by atoms with Crippen LogP contribution in [0.2, 0.25) is 0 Å². The molecule has 0 aromatic heterocycles. The summed E-state index contributed by atoms with van der Waals surface area (Å²) in [5, 5.41) is 5.67. The van der Waals surface area contributed by atoms with Crippen molar-refractivity contribution in [3.05, 3.63) is 102 Å². The molecule has 1 heterocycles. The van der Waals surface area contributed by atoms with Gasteiger partial charge in [-0.25, -0.2) is 0 Å². The summed E-state index contributed by atoms with van der Waals surface area (Å²) in [7, 11) is 3.23. The Hall–Kier alpha value is -3.82. The number of ether oxygens (including phenoxy) is 1. The summed E-state index contributed by atoms with van der Waals surface area (Å²) in [6.45, 7) is 0.948. The van der Waals surface area contributed by atoms with Crippen LogP contribution in [0.25, 0.3) is 0 Å². The first-order valence-electron chi connectivity index (χ1n) is 15.8. The van der Waals surface area contributed by atoms with Crippen LogP contribution in [0, 0.1) is 0 Å². The van der Waals surface area contributed by atoms with E-state index in [4.69, 9.17) is 10.5 Å². The number of carbonyl (C=O) groups excluding carboxylic acids is 3. The van der Waals surface area contributed by atoms with E-state index in [0.29, 0.717) is 50.9 Å². The number of aryl methyl sites for hydroxylation is 1. The lowest BCUT2D eigenvalue weighted by molar-refractivity contribution is -0.142. The summed E-state index contributed by atoms with van der Waals surface area (Å²) in [4.78, 5) is 43.4. The third-order valence-electron chi connectivity index (χ3n) is 8.52. The van der Waals surface area contributed by atoms with Crippen molar-refractivity contribution in [2.24, 2.45) is 5.73 Å². The fourth-order valence-electron chi connectivity index (χ4n) is 5.85. The molecule has 240 valence electrons. The van der Waals surface area contributed by atoms with Crippen molar-refractivity contribution < 1.29 is 19.1 Å². The Labute approximate surface area is 271 Å². The zero-order chi connectivity index (χ0) is 32.1. The number of nitrogens with one attached hydrogen (secondary N) is 2. The van der Waals surface area contributed by atoms with E-state index in [-0.39, 0.29) is 23.0 Å². The topological polar surface area (TPSA) is 114 Å². The average Bonchev–Trinajstić information content (AvgIpc) is 3.39. The SMILES string of the molecule is CNC(=O)[C@H](Cc1ccccc1)N1CC[C@](CCc2ccccc2)(NC(=O)[C@H](CCCCN)SCc2ccc(OC)cc2)C1=O. The molecule has 1 saturated heterocycles. The first-order chi connectivity index (χ1) is 21.9. The Bertz CT molecular complexity index is 1370. The number of rotatable bonds is 17. The van der Waals surface area contributed by atoms with E-state index in [1.54, 1.807) is 30.8 Å². The lowest BCUT2D eigenvalue weighted by atomic mass is 9.89. The summed E-state index contributed by atoms with van der Waals surface area (Å²) >= 11 is 1.58. The largest absolute Gasteiger partial charge is 0.497 e. The van der Waals surface area contributed by atoms with Gasteiger partial charge in [-0.3, -0.25) is 14.4 Å². The second-order valence-corrected chi connectivity index (χ2v) is 12.7. The summed E-state index contributed by atoms with van der Waals surface area (Å²) in [5.41, 5.74) is 7.83. The van der Waals surface area contributed by atoms with Crippen molar-refractivity contribution >= 4 is 29.5 Å². The average molecular weight is 631 g/mol. The van der Waals surface area contributed by atoms with Gasteiger partial charge in [0.1, 0.15) is 17.3 Å². The smallest absolute Gasteiger partial charge is 0.249 e. The Morgan fingerprint density at radius 2 is 1.60 bits per heavy atom. The van der Waals surface area contributed by atoms with Crippen molar-refractivity contribution in [1.82, 2.24) is 15.5 Å². The monoisotopic (exact) mass is 630 g/mol. The number of likely N-dealkylation sites (tertiary alicyclic amines) is 1. The number of hydrogen-bond acceptors (Lipinski definition) is 6. The molecular weight excluding hydrogens is 584 g/mol. The highest BCUT2D eigenvalue weighted by Crippen LogP contribution is 2.32. The third kappa shape index (κ3) is 9.34. The Morgan fingerprint density at radius 1 is 0.933 bits per heavy atom. The molecule has 3 aromatic rings. The molecule has 1 aliphatic heterocycles. The summed E-state index contributed by atoms with van der Waals surface area (Å²) < 4.78 is 5.29. The predicted molar refractivity (Wildman–Crippen MR) is 181 cm³/mol. The van der Waals surface area contributed by atoms with Gasteiger partial charge in [0.2, 0.25) is 17.7 Å². The highest BCUT2D eigenvalue weighted by Gasteiger charge is 2.50. The van der Waals surface area contributed by atoms with Gasteiger partial charge in [-0.05, 0) is 67.5 Å². The molecule has 8 nitrogen and oxygen atoms in total. The van der Waals surface area contributed by atoms with E-state index in [1.165, 1.54) is 0 Å². The van der Waals surface area contributed by atoms with Crippen LogP contribution >= 0.6 is 11.8 Å². The highest BCUT2D eigenvalue weighted by atomic mass is 32.2. The van der Waals surface area contributed by atoms with Gasteiger partial charge in [-0.15, -0.1) is 11.8 Å². The number of carbonyl (C=O) groups is 3. The Balaban J connectivity index is 1.57. The van der Waals surface area contributed by atoms with E-state index in [9.17, 15) is 14.4 Å². The van der Waals surface area contributed by atoms with Crippen LogP contribution in [0.15, 0.2) is 84.9 Å². The van der Waals surface area contributed by atoms with Crippen molar-refractivity contribution in [1.29, 1.82) is 0 Å². The van der Waals surface area contributed by atoms with Crippen LogP contribution in [0.1, 0.15) is 48.8 Å². The van der Waals surface area contributed by atoms with Crippen molar-refractivity contribution in [2.75, 3.05) is 27.2 Å². The first-order valence-corrected chi connectivity index (χ1v) is 16.8. The molecule has 0 aliphatic carbocycles. The number of unbranched alkanes of at least 4 members (excludes halogenated alkanes) is 1. The molecule has 1 fully saturated rings. The van der Waals surface area contributed by atoms with E-state index in [0.717, 1.165) is 35.3 Å². The minimum absolute atomic E-state index is 0.145. The summed E-state index contributed by atoms with van der Waals surface area (Å²) in [6.07, 6.45) is 4.21. The van der Waals surface area contributed by atoms with Crippen LogP contribution in [0.4, 0.5) is 0 Å². The molecule has 3 aromatic carbocycles. The van der Waals surface area contributed by atoms with Crippen molar-refractivity contribution in [3.63, 3.8) is 0 Å². The zero-order valence-electron chi connectivity index (χ0n) is 26.4. The summed E-state index contributed by atoms with van der Waals surface area (Å²) in [6, 6.07) is 26.9. The first kappa shape index (κ1) is 34.1. The second-order valence-electron chi connectivity index (χ2n) is 11.6. The third-order valence-corrected chi connectivity index (χ3v) is 9.87. The number of thioether (sulfide) groups is 1. The van der Waals surface area contributed by atoms with Crippen molar-refractivity contribution in [2.45, 2.75) is 67.5 Å². The molecule has 3 atom stereocenters. The Kier molecular flexibility index (Phi) is 12.9. The van der Waals surface area contributed by atoms with Gasteiger partial charge in [-0.1, -0.05) is 79.2 Å². The van der Waals surface area contributed by atoms with E-state index in [2.05, 4.69) is 10.6 Å². The minimum Gasteiger partial charge on any atom is -0.497 e. The fraction of sp³-hybridized carbons (Fsp3) is 0.417. The molecule has 9 heteroatoms. The number of benzene rings is 3. The molecule has 0 saturated carbocycles. The van der Waals surface area contributed by atoms with Crippen LogP contribution in [-0.2, 0) is 33.0 Å². The minimum atomic E-state index is -1.11. The molecule has 0 spiro atoms. The number of amides is 3. The lowest BCUT2D eigenvalue weighted by Gasteiger charge is -2.33. The van der Waals surface area contributed by atoms with Gasteiger partial charge >= 0.3 is 0 Å². The molecule has 0 radical (unpaired) electrons. The predicted octanol–water partition coefficient (Wildman–Crippen LogP) is 4.50. The number of methoxy groups -OCH3 is 1. The van der Waals surface area contributed by atoms with Crippen molar-refractivity contribution in [3.8, 4) is 5.75 Å². The molecule has 1 aliphatic rings. The maximum atomic E-state index is 14.5. The van der Waals surface area contributed by atoms with Gasteiger partial charge in [-0.2, -0.15) is 0 Å². The van der Waals surface area contributed by atoms with Crippen LogP contribution in [0.5, 0.6) is 5.75 Å². The molecule has 4 rings (SSSR count). The highest BCUT2D eigenvalue weighted by molar-refractivity contribution is 7.99. The van der Waals surface area contributed by atoms with Gasteiger partial charge in [0.15, 0.2) is 0 Å². The van der Waals surface area contributed by atoms with Gasteiger partial charge in [0, 0.05) is 25.8 Å². The van der Waals surface area contributed by atoms with Crippen LogP contribution in [0.3, 0.4) is 0 Å². The molecule has 3 amide bonds. The van der Waals surface area contributed by atoms with E-state index >= 15 is 0 Å². The molecule has 45 heavy (non-hydrogen) atoms. The van der Waals surface area contributed by atoms with E-state index < -0.39 is 11.6 Å². The lowest BCUT2D eigenvalue weighted by Crippen LogP contribution is -2.58. The molecule has 0 bridgehead atoms. The van der Waals surface area contributed by atoms with Gasteiger partial charge in [0.25, 0.3) is 0 Å². The maximum absolute atomic E-state index is 14.5. The maximum Gasteiger partial charge on any atom is 0.249 e. The molecule has 4 N–H and O–H groups in total. The number of nitrogens with two attached hydrogens (primary N) is 1. The quantitative estimate of drug-likeness (QED) is 0.189. The fourth-order valence-corrected chi connectivity index (χ4v) is 6.98. The second kappa shape index (κ2) is 17.0. The molecular formula is C36H46N4O4S. The number of nitrogens with zero attached hydrogens (tertiary/aromatic N) is 1. The summed E-state index contributed by atoms with van der Waals surface area (Å²) in [5.74, 6) is 0.878. The Morgan fingerprint density at radius 3 is 2.22 bits per heavy atom. The van der Waals surface area contributed by atoms with Gasteiger partial charge in [0.05, 0.1) is 12.4 Å². The van der Waals surface area contributed by atoms with Gasteiger partial charge < -0.3 is 26.0 Å². The number of hydrogen-bond donors (Lipinski definition) is 3. The standard InChI is InChI=1S/C36H46N4O4S/c1-38-33(41)31(25-28-13-7-4-8-14-28)40-24-22-36(35(40)43,21-20-27-11-5-3-6-12-27)39-34(42)32(15-9-10-23-37)45-26-29-16-18-30(44-2)19-17-29/h3-8,11-14,16-19,31-32H,9-10,15,20-26,37H2,1-2H3,(H,38,41)(H,39,42)/t31-,32-,36-/m0/s1. The normalized spacial score (nSPS) is 17.5.